The molecule has 5 N–H and O–H groups in total. The van der Waals surface area contributed by atoms with Crippen LogP contribution in [0.25, 0.3) is 0 Å². The van der Waals surface area contributed by atoms with Gasteiger partial charge in [0.25, 0.3) is 0 Å². The highest BCUT2D eigenvalue weighted by atomic mass is 32.2. The van der Waals surface area contributed by atoms with Crippen molar-refractivity contribution in [3.05, 3.63) is 23.8 Å². The number of nitrogens with two attached hydrogens (primary N) is 1. The van der Waals surface area contributed by atoms with Crippen molar-refractivity contribution in [2.24, 2.45) is 46.2 Å². The summed E-state index contributed by atoms with van der Waals surface area (Å²) in [7, 11) is 0. The number of aliphatic hydroxyl groups is 1. The number of ether oxygens (including phenoxy) is 5. The molecule has 3 saturated heterocycles. The lowest BCUT2D eigenvalue weighted by Gasteiger charge is -2.59. The molecule has 73 heavy (non-hydrogen) atoms. The first kappa shape index (κ1) is 56.7. The highest BCUT2D eigenvalue weighted by molar-refractivity contribution is 8.00. The average molecular weight is 1040 g/mol. The maximum atomic E-state index is 14.9. The van der Waals surface area contributed by atoms with Crippen LogP contribution in [-0.4, -0.2) is 137 Å². The Bertz CT molecular complexity index is 2150. The molecule has 5 amide bonds. The minimum Gasteiger partial charge on any atom is -0.463 e. The summed E-state index contributed by atoms with van der Waals surface area (Å²) in [5, 5.41) is 17.2. The third-order valence-electron chi connectivity index (χ3n) is 17.3. The summed E-state index contributed by atoms with van der Waals surface area (Å²) in [6.07, 6.45) is 11.9. The van der Waals surface area contributed by atoms with Crippen molar-refractivity contribution < 1.29 is 67.1 Å². The Labute approximate surface area is 434 Å². The fourth-order valence-corrected chi connectivity index (χ4v) is 14.2. The van der Waals surface area contributed by atoms with Crippen molar-refractivity contribution in [2.75, 3.05) is 32.6 Å². The van der Waals surface area contributed by atoms with Gasteiger partial charge in [-0.2, -0.15) is 11.8 Å². The van der Waals surface area contributed by atoms with E-state index in [1.54, 1.807) is 12.2 Å². The molecule has 0 aromatic carbocycles. The third kappa shape index (κ3) is 12.2. The first-order valence-electron chi connectivity index (χ1n) is 26.9. The molecule has 7 rings (SSSR count). The Hall–Kier alpha value is -4.01. The number of unbranched alkanes of at least 4 members (excludes halogenated alkanes) is 2. The van der Waals surface area contributed by atoms with Crippen LogP contribution >= 0.6 is 11.8 Å². The third-order valence-corrected chi connectivity index (χ3v) is 18.2. The largest absolute Gasteiger partial charge is 0.463 e. The van der Waals surface area contributed by atoms with E-state index in [9.17, 15) is 43.5 Å². The minimum atomic E-state index is -1.35. The van der Waals surface area contributed by atoms with Gasteiger partial charge in [-0.25, -0.2) is 4.79 Å². The van der Waals surface area contributed by atoms with Crippen LogP contribution in [0.15, 0.2) is 23.8 Å². The van der Waals surface area contributed by atoms with Crippen LogP contribution in [0, 0.1) is 40.4 Å². The molecule has 4 aliphatic carbocycles. The molecule has 0 radical (unpaired) electrons. The van der Waals surface area contributed by atoms with Gasteiger partial charge in [0.2, 0.25) is 17.7 Å². The van der Waals surface area contributed by atoms with E-state index in [2.05, 4.69) is 24.5 Å². The average Bonchev–Trinajstić information content (AvgIpc) is 3.94. The number of hydrogen-bond acceptors (Lipinski definition) is 15. The second kappa shape index (κ2) is 24.3. The number of carbonyl (C=O) groups excluding carboxylic acids is 8. The lowest BCUT2D eigenvalue weighted by Crippen LogP contribution is -2.63. The number of allylic oxidation sites excluding steroid dienone is 4. The molecular weight excluding hydrogens is 961 g/mol. The van der Waals surface area contributed by atoms with Gasteiger partial charge >= 0.3 is 12.0 Å². The maximum absolute atomic E-state index is 14.9. The number of amides is 5. The van der Waals surface area contributed by atoms with Crippen molar-refractivity contribution in [2.45, 2.75) is 192 Å². The number of esters is 1. The number of nitrogens with one attached hydrogen (secondary N) is 2. The van der Waals surface area contributed by atoms with Gasteiger partial charge < -0.3 is 45.2 Å². The van der Waals surface area contributed by atoms with Crippen LogP contribution in [0.5, 0.6) is 0 Å². The highest BCUT2D eigenvalue weighted by Crippen LogP contribution is 2.69. The number of aliphatic hydroxyl groups excluding tert-OH is 1. The molecule has 18 nitrogen and oxygen atoms in total. The van der Waals surface area contributed by atoms with E-state index in [1.807, 2.05) is 33.1 Å². The number of rotatable bonds is 25. The van der Waals surface area contributed by atoms with Crippen LogP contribution in [0.4, 0.5) is 4.79 Å². The lowest BCUT2D eigenvalue weighted by atomic mass is 9.46. The van der Waals surface area contributed by atoms with E-state index < -0.39 is 71.3 Å². The molecule has 14 atom stereocenters. The standard InChI is InChI=1S/C54H80N4O14S/c1-7-13-46-71-42-26-37-36-19-18-33-25-34(59)20-21-52(33,4)47(36)39(61)28-53(37,5)54(42,72-46)41(62)30-68-45-17-11-15-35(70-45)29-69-50(66)32(14-12-22-56-51(55)67)24-38(60)48(31(2)3)57-43(63)16-9-8-10-23-58-44(64)27-40(73-6)49(58)65/h20-21,25,31-32,35-37,39-40,42,45-48,61H,7-19,22-24,26-30H2,1-6H3,(H,57,63)(H3,55,56,67)/t32-,35?,36+,37+,39+,40?,42-,45?,46?,47-,48+,52+,53+,54-/m1/s1. The number of likely N-dealkylation sites (tertiary alicyclic amines) is 1. The zero-order valence-corrected chi connectivity index (χ0v) is 44.5. The lowest BCUT2D eigenvalue weighted by molar-refractivity contribution is -0.220. The predicted molar refractivity (Wildman–Crippen MR) is 269 cm³/mol. The molecule has 0 aromatic heterocycles. The molecule has 4 unspecified atom stereocenters. The summed E-state index contributed by atoms with van der Waals surface area (Å²) in [6, 6.07) is -1.58. The summed E-state index contributed by atoms with van der Waals surface area (Å²) in [5.74, 6) is -3.11. The van der Waals surface area contributed by atoms with E-state index in [0.29, 0.717) is 70.8 Å². The van der Waals surface area contributed by atoms with Crippen molar-refractivity contribution >= 4 is 58.8 Å². The van der Waals surface area contributed by atoms with Crippen molar-refractivity contribution in [3.8, 4) is 0 Å². The number of hydrogen-bond donors (Lipinski definition) is 4. The van der Waals surface area contributed by atoms with Gasteiger partial charge in [-0.15, -0.1) is 0 Å². The Kier molecular flexibility index (Phi) is 18.9. The summed E-state index contributed by atoms with van der Waals surface area (Å²) in [6.45, 7) is 9.91. The number of imide groups is 1. The molecule has 0 aromatic rings. The molecule has 3 saturated carbocycles. The van der Waals surface area contributed by atoms with Gasteiger partial charge in [-0.3, -0.25) is 38.5 Å². The van der Waals surface area contributed by atoms with Crippen molar-refractivity contribution in [1.82, 2.24) is 15.5 Å². The SMILES string of the molecule is CCCC1O[C@@H]2C[C@H]3[C@@H]4CCC5=CC(=O)C=C[C@]5(C)[C@H]4[C@@H](O)C[C@]3(C)[C@]2(C(=O)COC2CCCC(COC(=O)[C@H](CCCNC(N)=O)CC(=O)[C@@H](NC(=O)CCCCCN3C(=O)CC(SC)C3=O)C(C)C)O2)O1. The van der Waals surface area contributed by atoms with E-state index >= 15 is 0 Å². The smallest absolute Gasteiger partial charge is 0.312 e. The van der Waals surface area contributed by atoms with Crippen LogP contribution in [-0.2, 0) is 57.2 Å². The quantitative estimate of drug-likeness (QED) is 0.0508. The number of nitrogens with zero attached hydrogens (tertiary/aromatic N) is 1. The molecule has 3 aliphatic heterocycles. The monoisotopic (exact) mass is 1040 g/mol. The Morgan fingerprint density at radius 3 is 2.53 bits per heavy atom. The molecule has 406 valence electrons. The number of thioether (sulfide) groups is 1. The molecule has 3 heterocycles. The van der Waals surface area contributed by atoms with E-state index in [0.717, 1.165) is 24.8 Å². The fraction of sp³-hybridized carbons (Fsp3) is 0.778. The first-order valence-corrected chi connectivity index (χ1v) is 28.2. The topological polar surface area (TPSA) is 256 Å². The van der Waals surface area contributed by atoms with Crippen molar-refractivity contribution in [1.29, 1.82) is 0 Å². The summed E-state index contributed by atoms with van der Waals surface area (Å²) in [4.78, 5) is 105. The van der Waals surface area contributed by atoms with E-state index in [4.69, 9.17) is 29.4 Å². The maximum Gasteiger partial charge on any atom is 0.312 e. The number of Topliss-reactive ketones (excluding diaryl/α,β-unsaturated/α-hetero) is 2. The summed E-state index contributed by atoms with van der Waals surface area (Å²) >= 11 is 1.37. The van der Waals surface area contributed by atoms with E-state index in [-0.39, 0.29) is 109 Å². The van der Waals surface area contributed by atoms with Crippen LogP contribution in [0.2, 0.25) is 0 Å². The van der Waals surface area contributed by atoms with Gasteiger partial charge in [0, 0.05) is 49.1 Å². The summed E-state index contributed by atoms with van der Waals surface area (Å²) < 4.78 is 31.8. The van der Waals surface area contributed by atoms with Crippen LogP contribution in [0.1, 0.15) is 144 Å². The molecule has 6 fully saturated rings. The number of fused-ring (bicyclic) bond motifs is 7. The van der Waals surface area contributed by atoms with Gasteiger partial charge in [0.1, 0.15) is 13.2 Å². The zero-order chi connectivity index (χ0) is 52.8. The number of ketones is 3. The normalized spacial score (nSPS) is 34.4. The predicted octanol–water partition coefficient (Wildman–Crippen LogP) is 5.40. The Morgan fingerprint density at radius 2 is 1.82 bits per heavy atom. The number of primary amides is 1. The Morgan fingerprint density at radius 1 is 1.04 bits per heavy atom. The van der Waals surface area contributed by atoms with Crippen molar-refractivity contribution in [3.63, 3.8) is 0 Å². The zero-order valence-electron chi connectivity index (χ0n) is 43.7. The van der Waals surface area contributed by atoms with E-state index in [1.165, 1.54) is 16.7 Å². The molecule has 7 aliphatic rings. The molecule has 19 heteroatoms. The second-order valence-electron chi connectivity index (χ2n) is 22.3. The van der Waals surface area contributed by atoms with Gasteiger partial charge in [0.05, 0.1) is 35.5 Å². The highest BCUT2D eigenvalue weighted by Gasteiger charge is 2.75. The van der Waals surface area contributed by atoms with Crippen LogP contribution < -0.4 is 16.4 Å². The number of carbonyl (C=O) groups is 8. The van der Waals surface area contributed by atoms with Gasteiger partial charge in [0.15, 0.2) is 35.5 Å². The number of urea groups is 1. The second-order valence-corrected chi connectivity index (χ2v) is 23.4. The fourth-order valence-electron chi connectivity index (χ4n) is 13.6. The minimum absolute atomic E-state index is 0.0181. The molecular formula is C54H80N4O14S. The Balaban J connectivity index is 0.927. The molecule has 0 bridgehead atoms. The van der Waals surface area contributed by atoms with Crippen LogP contribution in [0.3, 0.4) is 0 Å². The van der Waals surface area contributed by atoms with Gasteiger partial charge in [-0.1, -0.05) is 59.1 Å². The van der Waals surface area contributed by atoms with Gasteiger partial charge in [-0.05, 0) is 113 Å². The first-order chi connectivity index (χ1) is 34.8. The molecule has 0 spiro atoms. The summed E-state index contributed by atoms with van der Waals surface area (Å²) in [5.41, 5.74) is 3.75.